The molecule has 1 atom stereocenters. The van der Waals surface area contributed by atoms with Crippen LogP contribution in [0.25, 0.3) is 0 Å². The van der Waals surface area contributed by atoms with Gasteiger partial charge in [-0.05, 0) is 17.5 Å². The molecule has 0 bridgehead atoms. The quantitative estimate of drug-likeness (QED) is 0.816. The highest BCUT2D eigenvalue weighted by Crippen LogP contribution is 2.18. The maximum absolute atomic E-state index is 11.8. The number of carbonyl (C=O) groups excluding carboxylic acids is 1. The summed E-state index contributed by atoms with van der Waals surface area (Å²) in [6.45, 7) is 5.90. The molecule has 0 amide bonds. The molecule has 0 radical (unpaired) electrons. The van der Waals surface area contributed by atoms with Gasteiger partial charge in [0.25, 0.3) is 0 Å². The van der Waals surface area contributed by atoms with Gasteiger partial charge in [-0.3, -0.25) is 9.78 Å². The number of pyridine rings is 1. The second-order valence-corrected chi connectivity index (χ2v) is 4.81. The van der Waals surface area contributed by atoms with E-state index >= 15 is 0 Å². The Labute approximate surface area is 90.7 Å². The van der Waals surface area contributed by atoms with Crippen LogP contribution < -0.4 is 5.73 Å². The molecule has 1 aromatic heterocycles. The van der Waals surface area contributed by atoms with Crippen molar-refractivity contribution >= 4 is 5.78 Å². The molecule has 0 unspecified atom stereocenters. The SMILES string of the molecule is CC(C)(C)[C@H](N)C(=O)Cc1ccccn1. The number of nitrogens with two attached hydrogens (primary N) is 1. The monoisotopic (exact) mass is 206 g/mol. The minimum absolute atomic E-state index is 0.0428. The van der Waals surface area contributed by atoms with Crippen LogP contribution in [0.1, 0.15) is 26.5 Å². The maximum atomic E-state index is 11.8. The maximum Gasteiger partial charge on any atom is 0.155 e. The molecule has 0 aliphatic heterocycles. The van der Waals surface area contributed by atoms with Crippen LogP contribution in [0.3, 0.4) is 0 Å². The van der Waals surface area contributed by atoms with E-state index in [2.05, 4.69) is 4.98 Å². The van der Waals surface area contributed by atoms with Crippen molar-refractivity contribution in [2.75, 3.05) is 0 Å². The molecule has 3 nitrogen and oxygen atoms in total. The predicted octanol–water partition coefficient (Wildman–Crippen LogP) is 1.57. The van der Waals surface area contributed by atoms with E-state index in [-0.39, 0.29) is 11.2 Å². The van der Waals surface area contributed by atoms with Crippen LogP contribution in [0.2, 0.25) is 0 Å². The largest absolute Gasteiger partial charge is 0.321 e. The molecule has 1 aromatic rings. The first-order valence-corrected chi connectivity index (χ1v) is 5.09. The van der Waals surface area contributed by atoms with Gasteiger partial charge in [0.2, 0.25) is 0 Å². The van der Waals surface area contributed by atoms with Crippen molar-refractivity contribution in [3.8, 4) is 0 Å². The lowest BCUT2D eigenvalue weighted by Gasteiger charge is -2.25. The van der Waals surface area contributed by atoms with Crippen molar-refractivity contribution in [1.29, 1.82) is 0 Å². The Morgan fingerprint density at radius 2 is 2.13 bits per heavy atom. The van der Waals surface area contributed by atoms with Crippen molar-refractivity contribution in [1.82, 2.24) is 4.98 Å². The fraction of sp³-hybridized carbons (Fsp3) is 0.500. The van der Waals surface area contributed by atoms with Gasteiger partial charge in [0.15, 0.2) is 5.78 Å². The van der Waals surface area contributed by atoms with Gasteiger partial charge in [0.05, 0.1) is 12.5 Å². The Morgan fingerprint density at radius 3 is 2.60 bits per heavy atom. The highest BCUT2D eigenvalue weighted by atomic mass is 16.1. The molecule has 3 heteroatoms. The molecular weight excluding hydrogens is 188 g/mol. The molecule has 0 fully saturated rings. The smallest absolute Gasteiger partial charge is 0.155 e. The minimum atomic E-state index is -0.431. The topological polar surface area (TPSA) is 56.0 Å². The summed E-state index contributed by atoms with van der Waals surface area (Å²) in [5.74, 6) is 0.0428. The number of aromatic nitrogens is 1. The molecule has 15 heavy (non-hydrogen) atoms. The average molecular weight is 206 g/mol. The van der Waals surface area contributed by atoms with Gasteiger partial charge in [0, 0.05) is 11.9 Å². The van der Waals surface area contributed by atoms with E-state index in [1.165, 1.54) is 0 Å². The van der Waals surface area contributed by atoms with Crippen molar-refractivity contribution in [2.24, 2.45) is 11.1 Å². The molecule has 82 valence electrons. The molecule has 0 saturated carbocycles. The minimum Gasteiger partial charge on any atom is -0.321 e. The molecule has 0 aromatic carbocycles. The number of ketones is 1. The third kappa shape index (κ3) is 3.44. The number of hydrogen-bond acceptors (Lipinski definition) is 3. The number of nitrogens with zero attached hydrogens (tertiary/aromatic N) is 1. The van der Waals surface area contributed by atoms with Crippen molar-refractivity contribution in [2.45, 2.75) is 33.2 Å². The van der Waals surface area contributed by atoms with Crippen LogP contribution in [0.4, 0.5) is 0 Å². The third-order valence-electron chi connectivity index (χ3n) is 2.36. The van der Waals surface area contributed by atoms with E-state index in [4.69, 9.17) is 5.73 Å². The van der Waals surface area contributed by atoms with E-state index < -0.39 is 6.04 Å². The second kappa shape index (κ2) is 4.53. The molecule has 0 aliphatic rings. The van der Waals surface area contributed by atoms with Crippen LogP contribution in [0.5, 0.6) is 0 Å². The first kappa shape index (κ1) is 11.9. The molecular formula is C12H18N2O. The van der Waals surface area contributed by atoms with Crippen molar-refractivity contribution in [3.63, 3.8) is 0 Å². The third-order valence-corrected chi connectivity index (χ3v) is 2.36. The van der Waals surface area contributed by atoms with Gasteiger partial charge in [-0.25, -0.2) is 0 Å². The molecule has 0 aliphatic carbocycles. The van der Waals surface area contributed by atoms with Crippen LogP contribution in [-0.2, 0) is 11.2 Å². The summed E-state index contributed by atoms with van der Waals surface area (Å²) in [6.07, 6.45) is 2.00. The second-order valence-electron chi connectivity index (χ2n) is 4.81. The van der Waals surface area contributed by atoms with Crippen molar-refractivity contribution < 1.29 is 4.79 Å². The van der Waals surface area contributed by atoms with Crippen LogP contribution in [0.15, 0.2) is 24.4 Å². The van der Waals surface area contributed by atoms with E-state index in [1.54, 1.807) is 6.20 Å². The van der Waals surface area contributed by atoms with E-state index in [0.717, 1.165) is 5.69 Å². The number of carbonyl (C=O) groups is 1. The Hall–Kier alpha value is -1.22. The van der Waals surface area contributed by atoms with Gasteiger partial charge >= 0.3 is 0 Å². The summed E-state index contributed by atoms with van der Waals surface area (Å²) in [7, 11) is 0. The first-order chi connectivity index (χ1) is 6.91. The highest BCUT2D eigenvalue weighted by Gasteiger charge is 2.27. The number of Topliss-reactive ketones (excluding diaryl/α,β-unsaturated/α-hetero) is 1. The van der Waals surface area contributed by atoms with E-state index in [1.807, 2.05) is 39.0 Å². The standard InChI is InChI=1S/C12H18N2O/c1-12(2,3)11(13)10(15)8-9-6-4-5-7-14-9/h4-7,11H,8,13H2,1-3H3/t11-/m1/s1. The Kier molecular flexibility index (Phi) is 3.58. The zero-order chi connectivity index (χ0) is 11.5. The Bertz CT molecular complexity index is 327. The molecule has 1 rings (SSSR count). The van der Waals surface area contributed by atoms with Crippen LogP contribution >= 0.6 is 0 Å². The summed E-state index contributed by atoms with van der Waals surface area (Å²) in [6, 6.07) is 5.11. The summed E-state index contributed by atoms with van der Waals surface area (Å²) >= 11 is 0. The van der Waals surface area contributed by atoms with Gasteiger partial charge < -0.3 is 5.73 Å². The fourth-order valence-electron chi connectivity index (χ4n) is 1.27. The number of hydrogen-bond donors (Lipinski definition) is 1. The number of rotatable bonds is 3. The fourth-order valence-corrected chi connectivity index (χ4v) is 1.27. The Morgan fingerprint density at radius 1 is 1.47 bits per heavy atom. The lowest BCUT2D eigenvalue weighted by atomic mass is 9.84. The highest BCUT2D eigenvalue weighted by molar-refractivity contribution is 5.86. The van der Waals surface area contributed by atoms with Gasteiger partial charge in [0.1, 0.15) is 0 Å². The van der Waals surface area contributed by atoms with E-state index in [9.17, 15) is 4.79 Å². The Balaban J connectivity index is 2.65. The molecule has 0 saturated heterocycles. The normalized spacial score (nSPS) is 13.6. The van der Waals surface area contributed by atoms with Crippen LogP contribution in [0, 0.1) is 5.41 Å². The summed E-state index contributed by atoms with van der Waals surface area (Å²) < 4.78 is 0. The van der Waals surface area contributed by atoms with E-state index in [0.29, 0.717) is 6.42 Å². The summed E-state index contributed by atoms with van der Waals surface area (Å²) in [4.78, 5) is 15.9. The zero-order valence-electron chi connectivity index (χ0n) is 9.53. The van der Waals surface area contributed by atoms with Crippen LogP contribution in [-0.4, -0.2) is 16.8 Å². The lowest BCUT2D eigenvalue weighted by Crippen LogP contribution is -2.43. The molecule has 0 spiro atoms. The predicted molar refractivity (Wildman–Crippen MR) is 60.4 cm³/mol. The summed E-state index contributed by atoms with van der Waals surface area (Å²) in [5, 5.41) is 0. The molecule has 1 heterocycles. The first-order valence-electron chi connectivity index (χ1n) is 5.09. The van der Waals surface area contributed by atoms with Crippen molar-refractivity contribution in [3.05, 3.63) is 30.1 Å². The molecule has 2 N–H and O–H groups in total. The zero-order valence-corrected chi connectivity index (χ0v) is 9.53. The average Bonchev–Trinajstić information content (AvgIpc) is 2.16. The van der Waals surface area contributed by atoms with Gasteiger partial charge in [-0.1, -0.05) is 26.8 Å². The van der Waals surface area contributed by atoms with Gasteiger partial charge in [-0.2, -0.15) is 0 Å². The lowest BCUT2D eigenvalue weighted by molar-refractivity contribution is -0.121. The summed E-state index contributed by atoms with van der Waals surface area (Å²) in [5.41, 5.74) is 6.46. The van der Waals surface area contributed by atoms with Gasteiger partial charge in [-0.15, -0.1) is 0 Å².